The normalized spacial score (nSPS) is 12.4. The summed E-state index contributed by atoms with van der Waals surface area (Å²) in [6.45, 7) is 2.39. The van der Waals surface area contributed by atoms with E-state index in [2.05, 4.69) is 0 Å². The van der Waals surface area contributed by atoms with E-state index in [9.17, 15) is 9.59 Å². The summed E-state index contributed by atoms with van der Waals surface area (Å²) in [4.78, 5) is 20.4. The number of carbonyl (C=O) groups excluding carboxylic acids is 1. The molecule has 0 bridgehead atoms. The Kier molecular flexibility index (Phi) is 6.28. The maximum absolute atomic E-state index is 10.4. The Labute approximate surface area is 71.5 Å². The Balaban J connectivity index is 3.63. The lowest BCUT2D eigenvalue weighted by molar-refractivity contribution is -0.151. The summed E-state index contributed by atoms with van der Waals surface area (Å²) < 4.78 is 4.95. The van der Waals surface area contributed by atoms with Crippen LogP contribution in [0.15, 0.2) is 0 Å². The predicted octanol–water partition coefficient (Wildman–Crippen LogP) is 0.845. The second-order valence-electron chi connectivity index (χ2n) is 2.45. The highest BCUT2D eigenvalue weighted by Crippen LogP contribution is 1.99. The quantitative estimate of drug-likeness (QED) is 0.459. The van der Waals surface area contributed by atoms with Crippen LogP contribution in [-0.4, -0.2) is 30.1 Å². The van der Waals surface area contributed by atoms with Crippen molar-refractivity contribution in [3.8, 4) is 0 Å². The van der Waals surface area contributed by atoms with Gasteiger partial charge in [-0.05, 0) is 6.42 Å². The largest absolute Gasteiger partial charge is 0.479 e. The van der Waals surface area contributed by atoms with Gasteiger partial charge in [0, 0.05) is 13.0 Å². The minimum Gasteiger partial charge on any atom is -0.479 e. The number of carboxylic acid groups (broad SMARTS) is 1. The Morgan fingerprint density at radius 1 is 1.67 bits per heavy atom. The van der Waals surface area contributed by atoms with Gasteiger partial charge in [-0.3, -0.25) is 0 Å². The zero-order valence-corrected chi connectivity index (χ0v) is 7.16. The monoisotopic (exact) mass is 174 g/mol. The van der Waals surface area contributed by atoms with Crippen LogP contribution in [0.5, 0.6) is 0 Å². The predicted molar refractivity (Wildman–Crippen MR) is 43.0 cm³/mol. The molecule has 1 atom stereocenters. The summed E-state index contributed by atoms with van der Waals surface area (Å²) in [7, 11) is 0. The number of hydrogen-bond donors (Lipinski definition) is 1. The second kappa shape index (κ2) is 6.79. The Morgan fingerprint density at radius 2 is 2.33 bits per heavy atom. The van der Waals surface area contributed by atoms with Crippen molar-refractivity contribution in [2.45, 2.75) is 32.3 Å². The fraction of sp³-hybridized carbons (Fsp3) is 0.750. The van der Waals surface area contributed by atoms with Crippen molar-refractivity contribution in [3.63, 3.8) is 0 Å². The first-order valence-electron chi connectivity index (χ1n) is 4.00. The molecule has 0 amide bonds. The molecule has 0 saturated heterocycles. The van der Waals surface area contributed by atoms with E-state index in [0.29, 0.717) is 12.9 Å². The molecule has 4 nitrogen and oxygen atoms in total. The molecule has 1 N–H and O–H groups in total. The zero-order chi connectivity index (χ0) is 9.40. The molecule has 12 heavy (non-hydrogen) atoms. The maximum Gasteiger partial charge on any atom is 0.333 e. The molecule has 1 unspecified atom stereocenters. The molecule has 0 radical (unpaired) electrons. The molecule has 0 saturated carbocycles. The number of ether oxygens (including phenoxy) is 1. The van der Waals surface area contributed by atoms with E-state index in [-0.39, 0.29) is 6.42 Å². The fourth-order valence-electron chi connectivity index (χ4n) is 0.697. The third kappa shape index (κ3) is 4.85. The van der Waals surface area contributed by atoms with Gasteiger partial charge in [-0.1, -0.05) is 13.3 Å². The number of carboxylic acids is 1. The van der Waals surface area contributed by atoms with Gasteiger partial charge in [-0.15, -0.1) is 0 Å². The summed E-state index contributed by atoms with van der Waals surface area (Å²) in [5.74, 6) is -1.07. The number of carbonyl (C=O) groups is 2. The second-order valence-corrected chi connectivity index (χ2v) is 2.45. The molecular weight excluding hydrogens is 160 g/mol. The summed E-state index contributed by atoms with van der Waals surface area (Å²) >= 11 is 0. The van der Waals surface area contributed by atoms with Gasteiger partial charge in [0.1, 0.15) is 6.29 Å². The molecule has 0 rings (SSSR count). The van der Waals surface area contributed by atoms with E-state index >= 15 is 0 Å². The van der Waals surface area contributed by atoms with Gasteiger partial charge in [-0.2, -0.15) is 0 Å². The topological polar surface area (TPSA) is 63.6 Å². The Morgan fingerprint density at radius 3 is 2.75 bits per heavy atom. The van der Waals surface area contributed by atoms with Crippen LogP contribution < -0.4 is 0 Å². The van der Waals surface area contributed by atoms with E-state index in [1.165, 1.54) is 0 Å². The maximum atomic E-state index is 10.4. The van der Waals surface area contributed by atoms with Crippen molar-refractivity contribution < 1.29 is 19.4 Å². The van der Waals surface area contributed by atoms with Gasteiger partial charge < -0.3 is 14.6 Å². The molecule has 0 fully saturated rings. The lowest BCUT2D eigenvalue weighted by Crippen LogP contribution is -2.24. The van der Waals surface area contributed by atoms with Crippen LogP contribution in [0.4, 0.5) is 0 Å². The summed E-state index contributed by atoms with van der Waals surface area (Å²) in [6.07, 6.45) is 1.30. The first kappa shape index (κ1) is 11.1. The van der Waals surface area contributed by atoms with E-state index in [4.69, 9.17) is 9.84 Å². The number of aldehydes is 1. The van der Waals surface area contributed by atoms with E-state index in [1.54, 1.807) is 0 Å². The average molecular weight is 174 g/mol. The van der Waals surface area contributed by atoms with Crippen LogP contribution in [0.2, 0.25) is 0 Å². The van der Waals surface area contributed by atoms with Gasteiger partial charge >= 0.3 is 5.97 Å². The zero-order valence-electron chi connectivity index (χ0n) is 7.16. The van der Waals surface area contributed by atoms with Crippen LogP contribution in [-0.2, 0) is 14.3 Å². The van der Waals surface area contributed by atoms with E-state index < -0.39 is 12.1 Å². The Hall–Kier alpha value is -0.900. The van der Waals surface area contributed by atoms with Crippen LogP contribution in [0, 0.1) is 0 Å². The first-order chi connectivity index (χ1) is 5.72. The van der Waals surface area contributed by atoms with Crippen molar-refractivity contribution in [3.05, 3.63) is 0 Å². The molecule has 0 aliphatic rings. The molecule has 0 heterocycles. The molecular formula is C8H14O4. The minimum absolute atomic E-state index is 0.0704. The fourth-order valence-corrected chi connectivity index (χ4v) is 0.697. The van der Waals surface area contributed by atoms with Gasteiger partial charge in [0.05, 0.1) is 0 Å². The Bertz CT molecular complexity index is 144. The molecule has 0 aromatic rings. The minimum atomic E-state index is -1.07. The number of rotatable bonds is 7. The number of aliphatic carboxylic acids is 1. The van der Waals surface area contributed by atoms with Crippen molar-refractivity contribution in [1.82, 2.24) is 0 Å². The van der Waals surface area contributed by atoms with Crippen molar-refractivity contribution in [2.24, 2.45) is 0 Å². The molecule has 70 valence electrons. The number of hydrogen-bond acceptors (Lipinski definition) is 3. The summed E-state index contributed by atoms with van der Waals surface area (Å²) in [6, 6.07) is 0. The van der Waals surface area contributed by atoms with Crippen molar-refractivity contribution in [1.29, 1.82) is 0 Å². The molecule has 0 aliphatic heterocycles. The van der Waals surface area contributed by atoms with Gasteiger partial charge in [0.15, 0.2) is 6.10 Å². The lowest BCUT2D eigenvalue weighted by atomic mass is 10.3. The highest BCUT2D eigenvalue weighted by molar-refractivity contribution is 5.75. The molecule has 0 spiro atoms. The average Bonchev–Trinajstić information content (AvgIpc) is 2.03. The van der Waals surface area contributed by atoms with Crippen LogP contribution in [0.3, 0.4) is 0 Å². The number of unbranched alkanes of at least 4 members (excludes halogenated alkanes) is 1. The third-order valence-corrected chi connectivity index (χ3v) is 1.40. The highest BCUT2D eigenvalue weighted by atomic mass is 16.5. The smallest absolute Gasteiger partial charge is 0.333 e. The molecule has 4 heteroatoms. The van der Waals surface area contributed by atoms with E-state index in [1.807, 2.05) is 6.92 Å². The molecule has 0 aliphatic carbocycles. The summed E-state index contributed by atoms with van der Waals surface area (Å²) in [5.41, 5.74) is 0. The first-order valence-corrected chi connectivity index (χ1v) is 4.00. The van der Waals surface area contributed by atoms with Crippen LogP contribution in [0.1, 0.15) is 26.2 Å². The van der Waals surface area contributed by atoms with Crippen molar-refractivity contribution in [2.75, 3.05) is 6.61 Å². The SMILES string of the molecule is CCCCOC(CC=O)C(=O)O. The standard InChI is InChI=1S/C8H14O4/c1-2-3-6-12-7(4-5-9)8(10)11/h5,7H,2-4,6H2,1H3,(H,10,11). The third-order valence-electron chi connectivity index (χ3n) is 1.40. The molecule has 0 aromatic carbocycles. The summed E-state index contributed by atoms with van der Waals surface area (Å²) in [5, 5.41) is 8.52. The van der Waals surface area contributed by atoms with Crippen molar-refractivity contribution >= 4 is 12.3 Å². The van der Waals surface area contributed by atoms with Gasteiger partial charge in [0.2, 0.25) is 0 Å². The van der Waals surface area contributed by atoms with Crippen LogP contribution in [0.25, 0.3) is 0 Å². The van der Waals surface area contributed by atoms with Crippen LogP contribution >= 0.6 is 0 Å². The van der Waals surface area contributed by atoms with Gasteiger partial charge in [0.25, 0.3) is 0 Å². The lowest BCUT2D eigenvalue weighted by Gasteiger charge is -2.09. The van der Waals surface area contributed by atoms with E-state index in [0.717, 1.165) is 12.8 Å². The van der Waals surface area contributed by atoms with Gasteiger partial charge in [-0.25, -0.2) is 4.79 Å². The highest BCUT2D eigenvalue weighted by Gasteiger charge is 2.16. The molecule has 0 aromatic heterocycles.